The van der Waals surface area contributed by atoms with Crippen molar-refractivity contribution in [1.82, 2.24) is 20.1 Å². The van der Waals surface area contributed by atoms with Gasteiger partial charge in [0.2, 0.25) is 0 Å². The molecule has 3 rings (SSSR count). The summed E-state index contributed by atoms with van der Waals surface area (Å²) in [5, 5.41) is 18.8. The van der Waals surface area contributed by atoms with Gasteiger partial charge in [0.15, 0.2) is 5.65 Å². The van der Waals surface area contributed by atoms with Gasteiger partial charge in [0.1, 0.15) is 0 Å². The molecule has 3 aromatic rings. The second-order valence-corrected chi connectivity index (χ2v) is 6.30. The van der Waals surface area contributed by atoms with Gasteiger partial charge >= 0.3 is 0 Å². The summed E-state index contributed by atoms with van der Waals surface area (Å²) in [6.07, 6.45) is 2.23. The first-order valence-electron chi connectivity index (χ1n) is 7.43. The number of aryl methyl sites for hydroxylation is 1. The zero-order chi connectivity index (χ0) is 16.2. The number of aliphatic hydroxyl groups excluding tert-OH is 1. The number of rotatable bonds is 6. The molecule has 6 nitrogen and oxygen atoms in total. The van der Waals surface area contributed by atoms with Crippen molar-refractivity contribution in [2.45, 2.75) is 19.9 Å². The van der Waals surface area contributed by atoms with Gasteiger partial charge in [0, 0.05) is 23.7 Å². The number of carbonyl (C=O) groups excluding carboxylic acids is 1. The normalized spacial score (nSPS) is 11.0. The van der Waals surface area contributed by atoms with E-state index in [2.05, 4.69) is 21.5 Å². The number of hydrogen-bond donors (Lipinski definition) is 2. The van der Waals surface area contributed by atoms with Crippen LogP contribution in [0.5, 0.6) is 0 Å². The van der Waals surface area contributed by atoms with E-state index in [4.69, 9.17) is 5.11 Å². The number of pyridine rings is 1. The molecule has 0 aliphatic heterocycles. The van der Waals surface area contributed by atoms with Gasteiger partial charge in [0.05, 0.1) is 23.7 Å². The lowest BCUT2D eigenvalue weighted by Gasteiger charge is -2.07. The topological polar surface area (TPSA) is 80.0 Å². The van der Waals surface area contributed by atoms with Gasteiger partial charge in [-0.05, 0) is 30.9 Å². The highest BCUT2D eigenvalue weighted by molar-refractivity contribution is 7.09. The third kappa shape index (κ3) is 3.40. The van der Waals surface area contributed by atoms with Crippen LogP contribution in [0, 0.1) is 6.92 Å². The number of nitrogens with one attached hydrogen (secondary N) is 1. The Morgan fingerprint density at radius 1 is 1.48 bits per heavy atom. The van der Waals surface area contributed by atoms with Gasteiger partial charge in [-0.1, -0.05) is 6.07 Å². The number of fused-ring (bicyclic) bond motifs is 1. The minimum atomic E-state index is -0.162. The highest BCUT2D eigenvalue weighted by atomic mass is 32.1. The molecule has 0 aromatic carbocycles. The van der Waals surface area contributed by atoms with Crippen LogP contribution in [0.1, 0.15) is 27.3 Å². The first-order valence-corrected chi connectivity index (χ1v) is 8.31. The van der Waals surface area contributed by atoms with Crippen molar-refractivity contribution < 1.29 is 9.90 Å². The number of hydrogen-bond acceptors (Lipinski definition) is 5. The number of amides is 1. The second-order valence-electron chi connectivity index (χ2n) is 5.26. The van der Waals surface area contributed by atoms with Crippen molar-refractivity contribution in [1.29, 1.82) is 0 Å². The van der Waals surface area contributed by atoms with Crippen molar-refractivity contribution in [3.05, 3.63) is 45.9 Å². The Hall–Kier alpha value is -2.25. The van der Waals surface area contributed by atoms with Gasteiger partial charge in [-0.3, -0.25) is 4.79 Å². The Kier molecular flexibility index (Phi) is 4.68. The largest absolute Gasteiger partial charge is 0.396 e. The van der Waals surface area contributed by atoms with E-state index in [-0.39, 0.29) is 12.5 Å². The average molecular weight is 330 g/mol. The fourth-order valence-corrected chi connectivity index (χ4v) is 3.09. The maximum atomic E-state index is 12.4. The lowest BCUT2D eigenvalue weighted by Crippen LogP contribution is -2.25. The monoisotopic (exact) mass is 330 g/mol. The zero-order valence-electron chi connectivity index (χ0n) is 12.8. The standard InChI is InChI=1S/C16H18N4O2S/c1-11-8-13(16(22)17-5-3-6-21)14-9-18-20(15(14)19-11)10-12-4-2-7-23-12/h2,4,7-9,21H,3,5-6,10H2,1H3,(H,17,22). The van der Waals surface area contributed by atoms with Crippen LogP contribution in [-0.4, -0.2) is 38.9 Å². The van der Waals surface area contributed by atoms with Crippen molar-refractivity contribution in [3.63, 3.8) is 0 Å². The molecule has 0 saturated carbocycles. The predicted molar refractivity (Wildman–Crippen MR) is 89.7 cm³/mol. The van der Waals surface area contributed by atoms with E-state index in [0.717, 1.165) is 11.1 Å². The molecule has 0 bridgehead atoms. The van der Waals surface area contributed by atoms with Crippen LogP contribution in [-0.2, 0) is 6.54 Å². The molecule has 3 heterocycles. The number of thiophene rings is 1. The Bertz CT molecular complexity index is 811. The van der Waals surface area contributed by atoms with Crippen LogP contribution in [0.4, 0.5) is 0 Å². The molecule has 2 N–H and O–H groups in total. The van der Waals surface area contributed by atoms with Crippen molar-refractivity contribution in [2.75, 3.05) is 13.2 Å². The van der Waals surface area contributed by atoms with E-state index < -0.39 is 0 Å². The molecule has 120 valence electrons. The third-order valence-electron chi connectivity index (χ3n) is 3.49. The molecular weight excluding hydrogens is 312 g/mol. The number of aliphatic hydroxyl groups is 1. The smallest absolute Gasteiger partial charge is 0.252 e. The second kappa shape index (κ2) is 6.89. The average Bonchev–Trinajstić information content (AvgIpc) is 3.18. The minimum absolute atomic E-state index is 0.0593. The first kappa shape index (κ1) is 15.6. The van der Waals surface area contributed by atoms with Gasteiger partial charge in [-0.2, -0.15) is 5.10 Å². The molecule has 0 fully saturated rings. The van der Waals surface area contributed by atoms with E-state index >= 15 is 0 Å². The third-order valence-corrected chi connectivity index (χ3v) is 4.35. The maximum Gasteiger partial charge on any atom is 0.252 e. The Morgan fingerprint density at radius 2 is 2.35 bits per heavy atom. The van der Waals surface area contributed by atoms with Gasteiger partial charge in [-0.25, -0.2) is 9.67 Å². The lowest BCUT2D eigenvalue weighted by atomic mass is 10.1. The summed E-state index contributed by atoms with van der Waals surface area (Å²) < 4.78 is 1.82. The molecule has 0 saturated heterocycles. The molecule has 0 aliphatic carbocycles. The summed E-state index contributed by atoms with van der Waals surface area (Å²) in [6, 6.07) is 5.83. The molecule has 0 aliphatic rings. The molecule has 0 spiro atoms. The van der Waals surface area contributed by atoms with Crippen LogP contribution in [0.25, 0.3) is 11.0 Å². The summed E-state index contributed by atoms with van der Waals surface area (Å²) in [6.45, 7) is 3.01. The van der Waals surface area contributed by atoms with Crippen LogP contribution < -0.4 is 5.32 Å². The summed E-state index contributed by atoms with van der Waals surface area (Å²) in [4.78, 5) is 18.1. The van der Waals surface area contributed by atoms with Crippen molar-refractivity contribution in [3.8, 4) is 0 Å². The van der Waals surface area contributed by atoms with Crippen LogP contribution in [0.15, 0.2) is 29.8 Å². The van der Waals surface area contributed by atoms with Gasteiger partial charge in [0.25, 0.3) is 5.91 Å². The Morgan fingerprint density at radius 3 is 3.09 bits per heavy atom. The summed E-state index contributed by atoms with van der Waals surface area (Å²) in [5.74, 6) is -0.162. The van der Waals surface area contributed by atoms with Crippen molar-refractivity contribution >= 4 is 28.3 Å². The quantitative estimate of drug-likeness (QED) is 0.677. The Labute approximate surface area is 137 Å². The summed E-state index contributed by atoms with van der Waals surface area (Å²) >= 11 is 1.67. The summed E-state index contributed by atoms with van der Waals surface area (Å²) in [5.41, 5.74) is 2.06. The molecule has 23 heavy (non-hydrogen) atoms. The van der Waals surface area contributed by atoms with E-state index in [0.29, 0.717) is 30.7 Å². The number of carbonyl (C=O) groups is 1. The molecule has 1 amide bonds. The van der Waals surface area contributed by atoms with Crippen LogP contribution in [0.3, 0.4) is 0 Å². The highest BCUT2D eigenvalue weighted by Crippen LogP contribution is 2.20. The van der Waals surface area contributed by atoms with Gasteiger partial charge < -0.3 is 10.4 Å². The van der Waals surface area contributed by atoms with Crippen molar-refractivity contribution in [2.24, 2.45) is 0 Å². The maximum absolute atomic E-state index is 12.4. The molecule has 3 aromatic heterocycles. The first-order chi connectivity index (χ1) is 11.2. The number of aromatic nitrogens is 3. The minimum Gasteiger partial charge on any atom is -0.396 e. The zero-order valence-corrected chi connectivity index (χ0v) is 13.6. The van der Waals surface area contributed by atoms with Crippen LogP contribution in [0.2, 0.25) is 0 Å². The van der Waals surface area contributed by atoms with E-state index in [9.17, 15) is 4.79 Å². The molecular formula is C16H18N4O2S. The fraction of sp³-hybridized carbons (Fsp3) is 0.312. The molecule has 0 unspecified atom stereocenters. The van der Waals surface area contributed by atoms with E-state index in [1.54, 1.807) is 23.6 Å². The van der Waals surface area contributed by atoms with E-state index in [1.807, 2.05) is 23.1 Å². The number of nitrogens with zero attached hydrogens (tertiary/aromatic N) is 3. The SMILES string of the molecule is Cc1cc(C(=O)NCCCO)c2cnn(Cc3cccs3)c2n1. The Balaban J connectivity index is 1.93. The highest BCUT2D eigenvalue weighted by Gasteiger charge is 2.15. The fourth-order valence-electron chi connectivity index (χ4n) is 2.40. The van der Waals surface area contributed by atoms with Crippen LogP contribution >= 0.6 is 11.3 Å². The molecule has 7 heteroatoms. The lowest BCUT2D eigenvalue weighted by molar-refractivity contribution is 0.0952. The molecule has 0 atom stereocenters. The predicted octanol–water partition coefficient (Wildman–Crippen LogP) is 1.96. The summed E-state index contributed by atoms with van der Waals surface area (Å²) in [7, 11) is 0. The van der Waals surface area contributed by atoms with Gasteiger partial charge in [-0.15, -0.1) is 11.3 Å². The van der Waals surface area contributed by atoms with E-state index in [1.165, 1.54) is 4.88 Å². The molecule has 0 radical (unpaired) electrons.